The molecule has 4 aliphatic rings. The number of amidine groups is 1. The third-order valence-electron chi connectivity index (χ3n) is 10.1. The highest BCUT2D eigenvalue weighted by atomic mass is 16.5. The summed E-state index contributed by atoms with van der Waals surface area (Å²) in [5, 5.41) is 16.8. The molecule has 2 N–H and O–H groups in total. The van der Waals surface area contributed by atoms with E-state index in [0.29, 0.717) is 5.75 Å². The van der Waals surface area contributed by atoms with E-state index in [1.807, 2.05) is 30.3 Å². The summed E-state index contributed by atoms with van der Waals surface area (Å²) in [6.07, 6.45) is 5.45. The zero-order valence-corrected chi connectivity index (χ0v) is 24.2. The molecule has 0 radical (unpaired) electrons. The Bertz CT molecular complexity index is 1540. The maximum Gasteiger partial charge on any atom is 0.314 e. The number of esters is 1. The van der Waals surface area contributed by atoms with E-state index < -0.39 is 34.7 Å². The zero-order valence-electron chi connectivity index (χ0n) is 24.2. The van der Waals surface area contributed by atoms with Gasteiger partial charge in [-0.15, -0.1) is 0 Å². The van der Waals surface area contributed by atoms with Crippen molar-refractivity contribution in [3.8, 4) is 5.75 Å². The Hall–Kier alpha value is -3.64. The molecule has 3 aromatic carbocycles. The first-order valence-corrected chi connectivity index (χ1v) is 14.9. The van der Waals surface area contributed by atoms with Crippen molar-refractivity contribution in [3.05, 3.63) is 100 Å². The summed E-state index contributed by atoms with van der Waals surface area (Å²) in [6.45, 7) is 6.18. The van der Waals surface area contributed by atoms with E-state index in [-0.39, 0.29) is 5.92 Å². The van der Waals surface area contributed by atoms with Crippen molar-refractivity contribution < 1.29 is 19.4 Å². The number of aliphatic hydroxyl groups is 1. The number of aryl methyl sites for hydroxylation is 3. The van der Waals surface area contributed by atoms with Gasteiger partial charge in [0.2, 0.25) is 0 Å². The third-order valence-corrected chi connectivity index (χ3v) is 10.1. The summed E-state index contributed by atoms with van der Waals surface area (Å²) >= 11 is 0. The molecular weight excluding hydrogens is 512 g/mol. The molecule has 6 heteroatoms. The molecule has 0 bridgehead atoms. The summed E-state index contributed by atoms with van der Waals surface area (Å²) in [6, 6.07) is 22.4. The van der Waals surface area contributed by atoms with E-state index in [2.05, 4.69) is 62.5 Å². The highest BCUT2D eigenvalue weighted by Gasteiger charge is 2.86. The van der Waals surface area contributed by atoms with Gasteiger partial charge in [-0.2, -0.15) is 0 Å². The predicted octanol–water partition coefficient (Wildman–Crippen LogP) is 5.95. The molecule has 6 nitrogen and oxygen atoms in total. The summed E-state index contributed by atoms with van der Waals surface area (Å²) in [7, 11) is 1.40. The van der Waals surface area contributed by atoms with Gasteiger partial charge in [0, 0.05) is 17.4 Å². The molecule has 2 fully saturated rings. The molecule has 212 valence electrons. The number of fused-ring (bicyclic) bond motifs is 1. The lowest BCUT2D eigenvalue weighted by atomic mass is 9.68. The molecule has 2 heterocycles. The second kappa shape index (κ2) is 9.18. The van der Waals surface area contributed by atoms with E-state index >= 15 is 0 Å². The lowest BCUT2D eigenvalue weighted by Gasteiger charge is -2.42. The van der Waals surface area contributed by atoms with Gasteiger partial charge in [-0.25, -0.2) is 0 Å². The Morgan fingerprint density at radius 3 is 2.37 bits per heavy atom. The molecule has 0 aromatic heterocycles. The highest BCUT2D eigenvalue weighted by molar-refractivity contribution is 5.92. The lowest BCUT2D eigenvalue weighted by Crippen LogP contribution is -2.62. The number of carbonyl (C=O) groups excluding carboxylic acids is 1. The van der Waals surface area contributed by atoms with Gasteiger partial charge in [-0.3, -0.25) is 9.79 Å². The van der Waals surface area contributed by atoms with Gasteiger partial charge in [0.15, 0.2) is 16.9 Å². The number of ether oxygens (including phenoxy) is 2. The van der Waals surface area contributed by atoms with Gasteiger partial charge >= 0.3 is 5.97 Å². The Morgan fingerprint density at radius 1 is 0.976 bits per heavy atom. The Labute approximate surface area is 241 Å². The van der Waals surface area contributed by atoms with Crippen molar-refractivity contribution in [1.29, 1.82) is 0 Å². The topological polar surface area (TPSA) is 80.2 Å². The van der Waals surface area contributed by atoms with Crippen LogP contribution in [0, 0.1) is 32.6 Å². The van der Waals surface area contributed by atoms with Crippen molar-refractivity contribution in [2.75, 3.05) is 7.11 Å². The first kappa shape index (κ1) is 26.3. The number of methoxy groups -OCH3 is 1. The molecule has 2 aliphatic heterocycles. The second-order valence-corrected chi connectivity index (χ2v) is 12.5. The third kappa shape index (κ3) is 3.34. The van der Waals surface area contributed by atoms with Crippen LogP contribution in [0.25, 0.3) is 0 Å². The number of nitrogens with zero attached hydrogens (tertiary/aromatic N) is 1. The molecular formula is C35H38N2O4. The van der Waals surface area contributed by atoms with Crippen LogP contribution in [0.1, 0.15) is 71.4 Å². The average molecular weight is 551 g/mol. The second-order valence-electron chi connectivity index (χ2n) is 12.5. The van der Waals surface area contributed by atoms with Gasteiger partial charge in [0.1, 0.15) is 17.5 Å². The molecule has 2 aliphatic carbocycles. The Balaban J connectivity index is 1.62. The highest BCUT2D eigenvalue weighted by Crippen LogP contribution is 2.75. The molecule has 0 unspecified atom stereocenters. The van der Waals surface area contributed by atoms with Crippen LogP contribution in [0.4, 0.5) is 0 Å². The fourth-order valence-corrected chi connectivity index (χ4v) is 8.50. The molecule has 7 rings (SSSR count). The molecule has 41 heavy (non-hydrogen) atoms. The largest absolute Gasteiger partial charge is 0.478 e. The number of hydrogen-bond donors (Lipinski definition) is 2. The van der Waals surface area contributed by atoms with E-state index in [9.17, 15) is 9.90 Å². The minimum atomic E-state index is -1.79. The van der Waals surface area contributed by atoms with E-state index in [1.165, 1.54) is 13.5 Å². The molecule has 5 atom stereocenters. The molecule has 3 aromatic rings. The van der Waals surface area contributed by atoms with Crippen LogP contribution < -0.4 is 10.1 Å². The standard InChI is InChI=1S/C35H38N2O4/c1-21-15-17-26(18-16-21)33-29(24-11-7-5-8-12-24)30(32(38)40-4)35(39)34(33,28-23(3)19-22(2)20-27(28)41-33)36-31(37-35)25-13-9-6-10-14-25/h5,7-8,11-12,15-20,25,29-30,39H,6,9-10,13-14H2,1-4H3,(H,36,37)/t29-,30+,33+,34-,35-/m1/s1. The maximum atomic E-state index is 14.0. The van der Waals surface area contributed by atoms with E-state index in [1.54, 1.807) is 0 Å². The van der Waals surface area contributed by atoms with Crippen LogP contribution in [0.3, 0.4) is 0 Å². The van der Waals surface area contributed by atoms with Gasteiger partial charge in [-0.05, 0) is 61.9 Å². The number of hydrogen-bond acceptors (Lipinski definition) is 6. The number of aliphatic imine (C=N–C) groups is 1. The van der Waals surface area contributed by atoms with Gasteiger partial charge in [0.05, 0.1) is 7.11 Å². The monoisotopic (exact) mass is 550 g/mol. The predicted molar refractivity (Wildman–Crippen MR) is 158 cm³/mol. The van der Waals surface area contributed by atoms with Crippen molar-refractivity contribution in [2.24, 2.45) is 16.8 Å². The van der Waals surface area contributed by atoms with Crippen molar-refractivity contribution in [3.63, 3.8) is 0 Å². The smallest absolute Gasteiger partial charge is 0.314 e. The van der Waals surface area contributed by atoms with Crippen LogP contribution in [-0.4, -0.2) is 29.7 Å². The Morgan fingerprint density at radius 2 is 1.68 bits per heavy atom. The van der Waals surface area contributed by atoms with Gasteiger partial charge in [0.25, 0.3) is 0 Å². The average Bonchev–Trinajstić information content (AvgIpc) is 3.51. The van der Waals surface area contributed by atoms with E-state index in [0.717, 1.165) is 64.9 Å². The molecule has 2 saturated carbocycles. The minimum absolute atomic E-state index is 0.187. The summed E-state index contributed by atoms with van der Waals surface area (Å²) in [5.41, 5.74) is 1.46. The van der Waals surface area contributed by atoms with Gasteiger partial charge < -0.3 is 19.9 Å². The summed E-state index contributed by atoms with van der Waals surface area (Å²) < 4.78 is 12.8. The van der Waals surface area contributed by atoms with Crippen LogP contribution in [-0.2, 0) is 20.7 Å². The fourth-order valence-electron chi connectivity index (χ4n) is 8.50. The van der Waals surface area contributed by atoms with Crippen LogP contribution in [0.2, 0.25) is 0 Å². The molecule has 0 amide bonds. The van der Waals surface area contributed by atoms with Crippen molar-refractivity contribution in [1.82, 2.24) is 5.32 Å². The minimum Gasteiger partial charge on any atom is -0.478 e. The Kier molecular flexibility index (Phi) is 5.88. The molecule has 0 saturated heterocycles. The lowest BCUT2D eigenvalue weighted by molar-refractivity contribution is -0.158. The van der Waals surface area contributed by atoms with Crippen molar-refractivity contribution in [2.45, 2.75) is 75.7 Å². The van der Waals surface area contributed by atoms with Crippen LogP contribution in [0.15, 0.2) is 71.7 Å². The SMILES string of the molecule is COC(=O)[C@@H]1[C@@H](c2ccccc2)[C@]2(c3ccc(C)cc3)Oc3cc(C)cc(C)c3[C@@]23N=C(C2CCCCC2)N[C@@]13O. The van der Waals surface area contributed by atoms with Crippen LogP contribution >= 0.6 is 0 Å². The first-order valence-electron chi connectivity index (χ1n) is 14.9. The van der Waals surface area contributed by atoms with Crippen LogP contribution in [0.5, 0.6) is 5.75 Å². The molecule has 1 spiro atoms. The quantitative estimate of drug-likeness (QED) is 0.393. The zero-order chi connectivity index (χ0) is 28.6. The van der Waals surface area contributed by atoms with Gasteiger partial charge in [-0.1, -0.05) is 85.5 Å². The number of benzene rings is 3. The first-order chi connectivity index (χ1) is 19.8. The number of carbonyl (C=O) groups is 1. The number of rotatable bonds is 4. The summed E-state index contributed by atoms with van der Waals surface area (Å²) in [5.74, 6) is -0.396. The van der Waals surface area contributed by atoms with E-state index in [4.69, 9.17) is 14.5 Å². The fraction of sp³-hybridized carbons (Fsp3) is 0.429. The normalized spacial score (nSPS) is 31.9. The summed E-state index contributed by atoms with van der Waals surface area (Å²) in [4.78, 5) is 19.6. The maximum absolute atomic E-state index is 14.0. The van der Waals surface area contributed by atoms with Crippen molar-refractivity contribution >= 4 is 11.8 Å². The number of nitrogens with one attached hydrogen (secondary N) is 1.